The molecule has 0 aliphatic carbocycles. The van der Waals surface area contributed by atoms with E-state index >= 15 is 0 Å². The number of hydrogen-bond acceptors (Lipinski definition) is 7. The van der Waals surface area contributed by atoms with Crippen molar-refractivity contribution < 1.29 is 37.0 Å². The van der Waals surface area contributed by atoms with Gasteiger partial charge in [-0.1, -0.05) is 12.1 Å². The van der Waals surface area contributed by atoms with Crippen molar-refractivity contribution in [2.75, 3.05) is 17.3 Å². The van der Waals surface area contributed by atoms with Gasteiger partial charge in [0.1, 0.15) is 11.6 Å². The van der Waals surface area contributed by atoms with Crippen LogP contribution in [0.2, 0.25) is 0 Å². The van der Waals surface area contributed by atoms with Crippen LogP contribution in [0.3, 0.4) is 0 Å². The number of methoxy groups -OCH3 is 1. The number of hydrogen-bond donors (Lipinski definition) is 3. The predicted molar refractivity (Wildman–Crippen MR) is 142 cm³/mol. The van der Waals surface area contributed by atoms with Gasteiger partial charge in [-0.25, -0.2) is 14.4 Å². The number of allylic oxidation sites excluding steroid dienone is 1. The van der Waals surface area contributed by atoms with Gasteiger partial charge in [-0.15, -0.1) is 0 Å². The summed E-state index contributed by atoms with van der Waals surface area (Å²) >= 11 is 0. The first-order chi connectivity index (χ1) is 19.0. The Morgan fingerprint density at radius 2 is 1.78 bits per heavy atom. The number of esters is 1. The van der Waals surface area contributed by atoms with E-state index in [1.807, 2.05) is 6.07 Å². The van der Waals surface area contributed by atoms with Crippen LogP contribution < -0.4 is 16.0 Å². The molecule has 1 atom stereocenters. The molecule has 0 bridgehead atoms. The number of primary amides is 1. The average molecular weight is 573 g/mol. The predicted octanol–water partition coefficient (Wildman–Crippen LogP) is 5.25. The fraction of sp³-hybridized carbons (Fsp3) is 0.296. The molecule has 1 heterocycles. The lowest BCUT2D eigenvalue weighted by Crippen LogP contribution is -2.55. The van der Waals surface area contributed by atoms with E-state index in [1.165, 1.54) is 31.2 Å². The van der Waals surface area contributed by atoms with Crippen LogP contribution in [-0.2, 0) is 20.4 Å². The van der Waals surface area contributed by atoms with Gasteiger partial charge in [0.2, 0.25) is 5.96 Å². The molecule has 1 aliphatic rings. The molecule has 0 fully saturated rings. The first-order valence-electron chi connectivity index (χ1n) is 12.0. The minimum Gasteiger partial charge on any atom is -0.466 e. The van der Waals surface area contributed by atoms with Gasteiger partial charge in [-0.05, 0) is 58.0 Å². The minimum atomic E-state index is -4.71. The average Bonchev–Trinajstić information content (AvgIpc) is 2.86. The molecule has 216 valence electrons. The normalized spacial score (nSPS) is 15.8. The quantitative estimate of drug-likeness (QED) is 0.422. The molecule has 4 N–H and O–H groups in total. The van der Waals surface area contributed by atoms with Crippen molar-refractivity contribution in [1.82, 2.24) is 4.90 Å². The van der Waals surface area contributed by atoms with E-state index in [9.17, 15) is 32.8 Å². The zero-order chi connectivity index (χ0) is 30.9. The third kappa shape index (κ3) is 6.40. The number of guanidine groups is 1. The number of alkyl halides is 3. The largest absolute Gasteiger partial charge is 0.466 e. The Hall–Kier alpha value is -5.06. The molecular formula is C27H27F3N6O5. The second kappa shape index (κ2) is 11.2. The minimum absolute atomic E-state index is 0.0434. The lowest BCUT2D eigenvalue weighted by Gasteiger charge is -2.43. The third-order valence-electron chi connectivity index (χ3n) is 5.88. The van der Waals surface area contributed by atoms with Crippen LogP contribution in [0, 0.1) is 16.7 Å². The number of amides is 3. The summed E-state index contributed by atoms with van der Waals surface area (Å²) in [6.45, 7) is 6.23. The van der Waals surface area contributed by atoms with Crippen LogP contribution in [0.25, 0.3) is 0 Å². The molecule has 0 saturated carbocycles. The first kappa shape index (κ1) is 30.5. The molecule has 0 spiro atoms. The Morgan fingerprint density at radius 1 is 1.12 bits per heavy atom. The highest BCUT2D eigenvalue weighted by molar-refractivity contribution is 6.10. The Morgan fingerprint density at radius 3 is 2.32 bits per heavy atom. The van der Waals surface area contributed by atoms with E-state index in [4.69, 9.17) is 20.6 Å². The highest BCUT2D eigenvalue weighted by Gasteiger charge is 2.45. The maximum absolute atomic E-state index is 13.5. The van der Waals surface area contributed by atoms with Crippen LogP contribution in [-0.4, -0.2) is 41.7 Å². The van der Waals surface area contributed by atoms with Gasteiger partial charge in [0.15, 0.2) is 0 Å². The van der Waals surface area contributed by atoms with E-state index in [-0.39, 0.29) is 33.8 Å². The summed E-state index contributed by atoms with van der Waals surface area (Å²) in [5.41, 5.74) is 3.33. The second-order valence-electron chi connectivity index (χ2n) is 9.85. The standard InChI is InChI=1S/C27H27F3N6O5/c1-14-20(22(37)40-5)21(18-10-9-15(13-31)11-19(18)34-25(39)41-26(2,3)4)36(24(33)38)23(32)35(14)17-8-6-7-16(12-17)27(28,29)30/h6-12,21,32H,1-5H3,(H2,33,38)(H,34,39)/t21-/m1/s1. The Labute approximate surface area is 233 Å². The Bertz CT molecular complexity index is 1490. The topological polar surface area (TPSA) is 162 Å². The van der Waals surface area contributed by atoms with Crippen LogP contribution in [0.5, 0.6) is 0 Å². The molecule has 2 aromatic carbocycles. The van der Waals surface area contributed by atoms with Crippen LogP contribution in [0.4, 0.5) is 34.1 Å². The molecule has 0 radical (unpaired) electrons. The fourth-order valence-corrected chi connectivity index (χ4v) is 4.26. The third-order valence-corrected chi connectivity index (χ3v) is 5.88. The first-order valence-corrected chi connectivity index (χ1v) is 12.0. The van der Waals surface area contributed by atoms with Gasteiger partial charge in [-0.3, -0.25) is 20.5 Å². The van der Waals surface area contributed by atoms with Crippen molar-refractivity contribution in [3.63, 3.8) is 0 Å². The summed E-state index contributed by atoms with van der Waals surface area (Å²) in [5.74, 6) is -1.67. The lowest BCUT2D eigenvalue weighted by molar-refractivity contribution is -0.138. The number of nitrogens with two attached hydrogens (primary N) is 1. The molecule has 3 rings (SSSR count). The molecule has 3 amide bonds. The molecule has 41 heavy (non-hydrogen) atoms. The summed E-state index contributed by atoms with van der Waals surface area (Å²) in [7, 11) is 1.06. The van der Waals surface area contributed by atoms with Crippen molar-refractivity contribution >= 4 is 35.4 Å². The number of nitrogens with one attached hydrogen (secondary N) is 2. The lowest BCUT2D eigenvalue weighted by atomic mass is 9.91. The number of benzene rings is 2. The number of nitrogens with zero attached hydrogens (tertiary/aromatic N) is 3. The van der Waals surface area contributed by atoms with Crippen molar-refractivity contribution in [2.24, 2.45) is 5.73 Å². The number of anilines is 2. The zero-order valence-corrected chi connectivity index (χ0v) is 22.7. The van der Waals surface area contributed by atoms with Gasteiger partial charge in [0.05, 0.1) is 35.6 Å². The molecule has 2 aromatic rings. The maximum atomic E-state index is 13.5. The van der Waals surface area contributed by atoms with E-state index in [0.717, 1.165) is 30.2 Å². The zero-order valence-electron chi connectivity index (χ0n) is 22.7. The number of carbonyl (C=O) groups is 3. The van der Waals surface area contributed by atoms with Crippen molar-refractivity contribution in [3.8, 4) is 6.07 Å². The molecule has 0 unspecified atom stereocenters. The van der Waals surface area contributed by atoms with E-state index in [2.05, 4.69) is 5.32 Å². The van der Waals surface area contributed by atoms with E-state index in [1.54, 1.807) is 20.8 Å². The molecule has 11 nitrogen and oxygen atoms in total. The van der Waals surface area contributed by atoms with E-state index < -0.39 is 47.4 Å². The van der Waals surface area contributed by atoms with Crippen LogP contribution in [0.15, 0.2) is 53.7 Å². The van der Waals surface area contributed by atoms with Crippen LogP contribution in [0.1, 0.15) is 50.4 Å². The molecule has 1 aliphatic heterocycles. The summed E-state index contributed by atoms with van der Waals surface area (Å²) in [6.07, 6.45) is -5.63. The summed E-state index contributed by atoms with van der Waals surface area (Å²) in [6, 6.07) is 7.11. The molecule has 14 heteroatoms. The smallest absolute Gasteiger partial charge is 0.416 e. The summed E-state index contributed by atoms with van der Waals surface area (Å²) < 4.78 is 50.7. The van der Waals surface area contributed by atoms with Crippen LogP contribution >= 0.6 is 0 Å². The van der Waals surface area contributed by atoms with Gasteiger partial charge in [-0.2, -0.15) is 18.4 Å². The van der Waals surface area contributed by atoms with Gasteiger partial charge < -0.3 is 15.2 Å². The number of rotatable bonds is 4. The summed E-state index contributed by atoms with van der Waals surface area (Å²) in [5, 5.41) is 20.8. The van der Waals surface area contributed by atoms with E-state index in [0.29, 0.717) is 4.90 Å². The second-order valence-corrected chi connectivity index (χ2v) is 9.85. The molecule has 0 saturated heterocycles. The number of carbonyl (C=O) groups excluding carboxylic acids is 3. The number of nitriles is 1. The molecule has 0 aromatic heterocycles. The van der Waals surface area contributed by atoms with Crippen molar-refractivity contribution in [2.45, 2.75) is 45.5 Å². The van der Waals surface area contributed by atoms with Gasteiger partial charge in [0.25, 0.3) is 0 Å². The SMILES string of the molecule is COC(=O)C1=C(C)N(c2cccc(C(F)(F)F)c2)C(=N)N(C(N)=O)[C@@H]1c1ccc(C#N)cc1NC(=O)OC(C)(C)C. The number of ether oxygens (including phenoxy) is 2. The summed E-state index contributed by atoms with van der Waals surface area (Å²) in [4.78, 5) is 40.3. The maximum Gasteiger partial charge on any atom is 0.416 e. The Kier molecular flexibility index (Phi) is 8.33. The fourth-order valence-electron chi connectivity index (χ4n) is 4.26. The highest BCUT2D eigenvalue weighted by Crippen LogP contribution is 2.43. The number of halogens is 3. The number of urea groups is 1. The highest BCUT2D eigenvalue weighted by atomic mass is 19.4. The Balaban J connectivity index is 2.32. The van der Waals surface area contributed by atoms with Gasteiger partial charge in [0, 0.05) is 16.9 Å². The van der Waals surface area contributed by atoms with Crippen molar-refractivity contribution in [1.29, 1.82) is 10.7 Å². The van der Waals surface area contributed by atoms with Crippen molar-refractivity contribution in [3.05, 3.63) is 70.4 Å². The molecular weight excluding hydrogens is 545 g/mol. The van der Waals surface area contributed by atoms with Gasteiger partial charge >= 0.3 is 24.3 Å². The monoisotopic (exact) mass is 572 g/mol.